The molecule has 2 aliphatic rings. The lowest BCUT2D eigenvalue weighted by molar-refractivity contribution is -0.133. The number of pyridine rings is 1. The number of rotatable bonds is 3. The maximum atomic E-state index is 12.1. The third-order valence-corrected chi connectivity index (χ3v) is 4.77. The van der Waals surface area contributed by atoms with Crippen LogP contribution in [0.2, 0.25) is 0 Å². The Balaban J connectivity index is 1.44. The number of carbonyl (C=O) groups is 1. The average molecular weight is 312 g/mol. The third kappa shape index (κ3) is 2.85. The van der Waals surface area contributed by atoms with E-state index in [4.69, 9.17) is 4.52 Å². The fourth-order valence-electron chi connectivity index (χ4n) is 3.17. The summed E-state index contributed by atoms with van der Waals surface area (Å²) >= 11 is 0. The summed E-state index contributed by atoms with van der Waals surface area (Å²) in [5, 5.41) is 4.11. The van der Waals surface area contributed by atoms with Gasteiger partial charge in [-0.2, -0.15) is 4.98 Å². The van der Waals surface area contributed by atoms with Crippen LogP contribution in [0.5, 0.6) is 0 Å². The van der Waals surface area contributed by atoms with Gasteiger partial charge in [0.05, 0.1) is 0 Å². The van der Waals surface area contributed by atoms with Crippen molar-refractivity contribution in [1.29, 1.82) is 0 Å². The lowest BCUT2D eigenvalue weighted by atomic mass is 9.96. The Kier molecular flexibility index (Phi) is 3.59. The molecule has 0 bridgehead atoms. The van der Waals surface area contributed by atoms with Gasteiger partial charge in [-0.25, -0.2) is 0 Å². The number of nitrogens with zero attached hydrogens (tertiary/aromatic N) is 4. The average Bonchev–Trinajstić information content (AvgIpc) is 3.32. The zero-order chi connectivity index (χ0) is 15.8. The summed E-state index contributed by atoms with van der Waals surface area (Å²) in [6, 6.07) is 3.83. The Hall–Kier alpha value is -2.24. The maximum absolute atomic E-state index is 12.1. The van der Waals surface area contributed by atoms with Gasteiger partial charge in [-0.3, -0.25) is 9.78 Å². The fraction of sp³-hybridized carbons (Fsp3) is 0.529. The van der Waals surface area contributed by atoms with Gasteiger partial charge < -0.3 is 9.42 Å². The Morgan fingerprint density at radius 1 is 1.26 bits per heavy atom. The SMILES string of the molecule is Cc1ncccc1-c1noc(C2CCN(C(=O)C3CC3)CC2)n1. The molecule has 120 valence electrons. The summed E-state index contributed by atoms with van der Waals surface area (Å²) in [5.41, 5.74) is 1.80. The second-order valence-corrected chi connectivity index (χ2v) is 6.47. The zero-order valence-corrected chi connectivity index (χ0v) is 13.2. The molecule has 0 N–H and O–H groups in total. The van der Waals surface area contributed by atoms with Gasteiger partial charge in [-0.1, -0.05) is 5.16 Å². The number of aryl methyl sites for hydroxylation is 1. The largest absolute Gasteiger partial charge is 0.342 e. The highest BCUT2D eigenvalue weighted by Crippen LogP contribution is 2.34. The second-order valence-electron chi connectivity index (χ2n) is 6.47. The number of hydrogen-bond donors (Lipinski definition) is 0. The van der Waals surface area contributed by atoms with Gasteiger partial charge in [0.25, 0.3) is 0 Å². The van der Waals surface area contributed by atoms with Crippen LogP contribution in [0.1, 0.15) is 43.2 Å². The van der Waals surface area contributed by atoms with Gasteiger partial charge in [0, 0.05) is 42.4 Å². The van der Waals surface area contributed by atoms with Crippen LogP contribution in [0.3, 0.4) is 0 Å². The van der Waals surface area contributed by atoms with Crippen LogP contribution in [0.15, 0.2) is 22.9 Å². The van der Waals surface area contributed by atoms with Gasteiger partial charge in [0.15, 0.2) is 0 Å². The zero-order valence-electron chi connectivity index (χ0n) is 13.2. The van der Waals surface area contributed by atoms with Gasteiger partial charge in [0.1, 0.15) is 0 Å². The molecule has 0 aromatic carbocycles. The third-order valence-electron chi connectivity index (χ3n) is 4.77. The van der Waals surface area contributed by atoms with Crippen molar-refractivity contribution < 1.29 is 9.32 Å². The van der Waals surface area contributed by atoms with Crippen LogP contribution in [0.25, 0.3) is 11.4 Å². The number of carbonyl (C=O) groups excluding carboxylic acids is 1. The van der Waals surface area contributed by atoms with Crippen LogP contribution in [-0.2, 0) is 4.79 Å². The number of piperidine rings is 1. The van der Waals surface area contributed by atoms with Crippen LogP contribution in [-0.4, -0.2) is 39.0 Å². The van der Waals surface area contributed by atoms with E-state index in [1.165, 1.54) is 0 Å². The second kappa shape index (κ2) is 5.76. The molecule has 23 heavy (non-hydrogen) atoms. The van der Waals surface area contributed by atoms with E-state index < -0.39 is 0 Å². The van der Waals surface area contributed by atoms with Crippen molar-refractivity contribution in [2.24, 2.45) is 5.92 Å². The van der Waals surface area contributed by atoms with Crippen LogP contribution in [0, 0.1) is 12.8 Å². The molecule has 0 spiro atoms. The molecule has 1 saturated carbocycles. The number of hydrogen-bond acceptors (Lipinski definition) is 5. The smallest absolute Gasteiger partial charge is 0.230 e. The Morgan fingerprint density at radius 2 is 2.04 bits per heavy atom. The molecular formula is C17H20N4O2. The van der Waals surface area contributed by atoms with E-state index in [0.717, 1.165) is 50.0 Å². The quantitative estimate of drug-likeness (QED) is 0.871. The molecule has 1 aliphatic heterocycles. The molecule has 2 aromatic rings. The van der Waals surface area contributed by atoms with Crippen molar-refractivity contribution in [3.05, 3.63) is 29.9 Å². The summed E-state index contributed by atoms with van der Waals surface area (Å²) in [4.78, 5) is 22.9. The lowest BCUT2D eigenvalue weighted by Crippen LogP contribution is -2.38. The molecule has 0 radical (unpaired) electrons. The first-order valence-electron chi connectivity index (χ1n) is 8.27. The van der Waals surface area contributed by atoms with Crippen molar-refractivity contribution in [3.63, 3.8) is 0 Å². The first kappa shape index (κ1) is 14.4. The van der Waals surface area contributed by atoms with Gasteiger partial charge in [-0.05, 0) is 44.7 Å². The number of likely N-dealkylation sites (tertiary alicyclic amines) is 1. The molecular weight excluding hydrogens is 292 g/mol. The van der Waals surface area contributed by atoms with Gasteiger partial charge >= 0.3 is 0 Å². The minimum atomic E-state index is 0.247. The van der Waals surface area contributed by atoms with E-state index in [-0.39, 0.29) is 5.92 Å². The minimum Gasteiger partial charge on any atom is -0.342 e. The Bertz CT molecular complexity index is 715. The molecule has 0 atom stereocenters. The minimum absolute atomic E-state index is 0.247. The van der Waals surface area contributed by atoms with Crippen molar-refractivity contribution in [3.8, 4) is 11.4 Å². The predicted octanol–water partition coefficient (Wildman–Crippen LogP) is 2.56. The Labute approximate surface area is 134 Å². The number of aromatic nitrogens is 3. The highest BCUT2D eigenvalue weighted by molar-refractivity contribution is 5.81. The molecule has 0 unspecified atom stereocenters. The van der Waals surface area contributed by atoms with E-state index in [2.05, 4.69) is 15.1 Å². The normalized spacial score (nSPS) is 19.1. The van der Waals surface area contributed by atoms with Gasteiger partial charge in [0.2, 0.25) is 17.6 Å². The van der Waals surface area contributed by atoms with E-state index >= 15 is 0 Å². The predicted molar refractivity (Wildman–Crippen MR) is 83.5 cm³/mol. The molecule has 2 aromatic heterocycles. The summed E-state index contributed by atoms with van der Waals surface area (Å²) in [6.07, 6.45) is 5.68. The first-order valence-corrected chi connectivity index (χ1v) is 8.27. The van der Waals surface area contributed by atoms with E-state index in [0.29, 0.717) is 23.5 Å². The molecule has 6 heteroatoms. The van der Waals surface area contributed by atoms with E-state index in [1.54, 1.807) is 6.20 Å². The van der Waals surface area contributed by atoms with Crippen LogP contribution < -0.4 is 0 Å². The standard InChI is InChI=1S/C17H20N4O2/c1-11-14(3-2-8-18-11)15-19-16(23-20-15)12-6-9-21(10-7-12)17(22)13-4-5-13/h2-3,8,12-13H,4-7,9-10H2,1H3. The summed E-state index contributed by atoms with van der Waals surface area (Å²) in [5.74, 6) is 2.16. The highest BCUT2D eigenvalue weighted by Gasteiger charge is 2.36. The van der Waals surface area contributed by atoms with Crippen molar-refractivity contribution in [2.75, 3.05) is 13.1 Å². The van der Waals surface area contributed by atoms with Gasteiger partial charge in [-0.15, -0.1) is 0 Å². The fourth-order valence-corrected chi connectivity index (χ4v) is 3.17. The van der Waals surface area contributed by atoms with Crippen LogP contribution in [0.4, 0.5) is 0 Å². The molecule has 1 amide bonds. The molecule has 4 rings (SSSR count). The topological polar surface area (TPSA) is 72.1 Å². The van der Waals surface area contributed by atoms with Crippen LogP contribution >= 0.6 is 0 Å². The maximum Gasteiger partial charge on any atom is 0.230 e. The molecule has 1 aliphatic carbocycles. The number of amides is 1. The summed E-state index contributed by atoms with van der Waals surface area (Å²) < 4.78 is 5.48. The van der Waals surface area contributed by atoms with Crippen molar-refractivity contribution >= 4 is 5.91 Å². The van der Waals surface area contributed by atoms with Crippen molar-refractivity contribution in [2.45, 2.75) is 38.5 Å². The summed E-state index contributed by atoms with van der Waals surface area (Å²) in [6.45, 7) is 3.53. The van der Waals surface area contributed by atoms with E-state index in [9.17, 15) is 4.79 Å². The monoisotopic (exact) mass is 312 g/mol. The Morgan fingerprint density at radius 3 is 2.74 bits per heavy atom. The van der Waals surface area contributed by atoms with Crippen molar-refractivity contribution in [1.82, 2.24) is 20.0 Å². The molecule has 3 heterocycles. The molecule has 1 saturated heterocycles. The van der Waals surface area contributed by atoms with E-state index in [1.807, 2.05) is 24.0 Å². The molecule has 2 fully saturated rings. The first-order chi connectivity index (χ1) is 11.2. The summed E-state index contributed by atoms with van der Waals surface area (Å²) in [7, 11) is 0. The highest BCUT2D eigenvalue weighted by atomic mass is 16.5. The molecule has 6 nitrogen and oxygen atoms in total. The lowest BCUT2D eigenvalue weighted by Gasteiger charge is -2.30.